The van der Waals surface area contributed by atoms with Gasteiger partial charge in [-0.05, 0) is 34.5 Å². The molecule has 25 heavy (non-hydrogen) atoms. The molecule has 0 fully saturated rings. The zero-order chi connectivity index (χ0) is 17.4. The van der Waals surface area contributed by atoms with Crippen molar-refractivity contribution < 1.29 is 14.3 Å². The van der Waals surface area contributed by atoms with E-state index < -0.39 is 0 Å². The molecule has 0 saturated carbocycles. The fraction of sp³-hybridized carbons (Fsp3) is 0.222. The van der Waals surface area contributed by atoms with Crippen molar-refractivity contribution in [3.63, 3.8) is 0 Å². The molecule has 0 spiro atoms. The molecule has 4 rings (SSSR count). The van der Waals surface area contributed by atoms with Crippen molar-refractivity contribution >= 4 is 23.1 Å². The topological polar surface area (TPSA) is 65.4 Å². The van der Waals surface area contributed by atoms with Crippen LogP contribution in [0.2, 0.25) is 0 Å². The van der Waals surface area contributed by atoms with Crippen LogP contribution >= 0.6 is 11.3 Å². The maximum atomic E-state index is 12.3. The average molecular weight is 355 g/mol. The number of methoxy groups -OCH3 is 2. The Kier molecular flexibility index (Phi) is 3.93. The SMILES string of the molecule is COc1ccc(OC)c(-n2cnc3c2NC(=O)C[C@@H]3c2ccsc2)c1. The Labute approximate surface area is 149 Å². The van der Waals surface area contributed by atoms with E-state index in [2.05, 4.69) is 15.7 Å². The first-order valence-corrected chi connectivity index (χ1v) is 8.77. The van der Waals surface area contributed by atoms with Crippen LogP contribution in [0.25, 0.3) is 5.69 Å². The Bertz CT molecular complexity index is 918. The zero-order valence-electron chi connectivity index (χ0n) is 13.9. The lowest BCUT2D eigenvalue weighted by atomic mass is 9.92. The van der Waals surface area contributed by atoms with E-state index in [-0.39, 0.29) is 11.8 Å². The lowest BCUT2D eigenvalue weighted by molar-refractivity contribution is -0.116. The normalized spacial score (nSPS) is 16.2. The van der Waals surface area contributed by atoms with Gasteiger partial charge in [0.1, 0.15) is 23.6 Å². The van der Waals surface area contributed by atoms with E-state index in [0.29, 0.717) is 23.7 Å². The third-order valence-corrected chi connectivity index (χ3v) is 5.07. The summed E-state index contributed by atoms with van der Waals surface area (Å²) in [6.07, 6.45) is 2.11. The fourth-order valence-electron chi connectivity index (χ4n) is 3.12. The van der Waals surface area contributed by atoms with E-state index in [4.69, 9.17) is 9.47 Å². The van der Waals surface area contributed by atoms with E-state index in [0.717, 1.165) is 16.9 Å². The highest BCUT2D eigenvalue weighted by atomic mass is 32.1. The lowest BCUT2D eigenvalue weighted by Crippen LogP contribution is -2.24. The number of carbonyl (C=O) groups excluding carboxylic acids is 1. The highest BCUT2D eigenvalue weighted by molar-refractivity contribution is 7.08. The number of rotatable bonds is 4. The summed E-state index contributed by atoms with van der Waals surface area (Å²) in [7, 11) is 3.23. The van der Waals surface area contributed by atoms with Crippen LogP contribution in [0.4, 0.5) is 5.82 Å². The van der Waals surface area contributed by atoms with E-state index in [1.807, 2.05) is 34.2 Å². The number of amides is 1. The van der Waals surface area contributed by atoms with E-state index in [1.165, 1.54) is 0 Å². The molecule has 1 aliphatic rings. The molecule has 3 heterocycles. The van der Waals surface area contributed by atoms with Crippen LogP contribution in [0.1, 0.15) is 23.6 Å². The Morgan fingerprint density at radius 3 is 2.88 bits per heavy atom. The second kappa shape index (κ2) is 6.25. The molecule has 0 saturated heterocycles. The predicted molar refractivity (Wildman–Crippen MR) is 96.1 cm³/mol. The maximum absolute atomic E-state index is 12.3. The number of thiophene rings is 1. The quantitative estimate of drug-likeness (QED) is 0.779. The second-order valence-electron chi connectivity index (χ2n) is 5.75. The van der Waals surface area contributed by atoms with E-state index >= 15 is 0 Å². The van der Waals surface area contributed by atoms with Crippen LogP contribution in [0.15, 0.2) is 41.4 Å². The summed E-state index contributed by atoms with van der Waals surface area (Å²) in [5.74, 6) is 2.00. The molecule has 1 N–H and O–H groups in total. The summed E-state index contributed by atoms with van der Waals surface area (Å²) in [5.41, 5.74) is 2.74. The largest absolute Gasteiger partial charge is 0.497 e. The smallest absolute Gasteiger partial charge is 0.226 e. The molecular weight excluding hydrogens is 338 g/mol. The van der Waals surface area contributed by atoms with Gasteiger partial charge in [0.25, 0.3) is 0 Å². The Morgan fingerprint density at radius 2 is 2.16 bits per heavy atom. The van der Waals surface area contributed by atoms with Gasteiger partial charge in [0.2, 0.25) is 5.91 Å². The van der Waals surface area contributed by atoms with Gasteiger partial charge in [0, 0.05) is 18.4 Å². The van der Waals surface area contributed by atoms with Crippen molar-refractivity contribution in [3.8, 4) is 17.2 Å². The van der Waals surface area contributed by atoms with Gasteiger partial charge in [-0.3, -0.25) is 9.36 Å². The molecule has 1 aliphatic heterocycles. The van der Waals surface area contributed by atoms with Crippen molar-refractivity contribution in [2.24, 2.45) is 0 Å². The summed E-state index contributed by atoms with van der Waals surface area (Å²) >= 11 is 1.62. The summed E-state index contributed by atoms with van der Waals surface area (Å²) in [5, 5.41) is 7.04. The highest BCUT2D eigenvalue weighted by Crippen LogP contribution is 2.39. The van der Waals surface area contributed by atoms with Crippen LogP contribution in [-0.4, -0.2) is 29.7 Å². The van der Waals surface area contributed by atoms with Gasteiger partial charge in [-0.1, -0.05) is 0 Å². The van der Waals surface area contributed by atoms with Crippen molar-refractivity contribution in [1.82, 2.24) is 9.55 Å². The number of nitrogens with zero attached hydrogens (tertiary/aromatic N) is 2. The van der Waals surface area contributed by atoms with Gasteiger partial charge < -0.3 is 14.8 Å². The molecule has 0 bridgehead atoms. The minimum Gasteiger partial charge on any atom is -0.497 e. The Hall–Kier alpha value is -2.80. The first kappa shape index (κ1) is 15.7. The van der Waals surface area contributed by atoms with Crippen LogP contribution < -0.4 is 14.8 Å². The Balaban J connectivity index is 1.86. The highest BCUT2D eigenvalue weighted by Gasteiger charge is 2.31. The van der Waals surface area contributed by atoms with Gasteiger partial charge in [-0.15, -0.1) is 0 Å². The summed E-state index contributed by atoms with van der Waals surface area (Å²) in [6, 6.07) is 7.57. The number of nitrogens with one attached hydrogen (secondary N) is 1. The standard InChI is InChI=1S/C18H17N3O3S/c1-23-12-3-4-15(24-2)14(7-12)21-10-19-17-13(11-5-6-25-9-11)8-16(22)20-18(17)21/h3-7,9-10,13H,8H2,1-2H3,(H,20,22)/t13-/m1/s1. The summed E-state index contributed by atoms with van der Waals surface area (Å²) < 4.78 is 12.6. The molecule has 6 nitrogen and oxygen atoms in total. The third kappa shape index (κ3) is 2.66. The number of fused-ring (bicyclic) bond motifs is 1. The number of benzene rings is 1. The molecule has 0 unspecified atom stereocenters. The molecule has 7 heteroatoms. The third-order valence-electron chi connectivity index (χ3n) is 4.36. The number of carbonyl (C=O) groups is 1. The first-order chi connectivity index (χ1) is 12.2. The number of aromatic nitrogens is 2. The number of anilines is 1. The van der Waals surface area contributed by atoms with Gasteiger partial charge in [-0.2, -0.15) is 11.3 Å². The van der Waals surface area contributed by atoms with E-state index in [1.54, 1.807) is 31.9 Å². The molecule has 0 aliphatic carbocycles. The second-order valence-corrected chi connectivity index (χ2v) is 6.53. The van der Waals surface area contributed by atoms with E-state index in [9.17, 15) is 4.79 Å². The summed E-state index contributed by atoms with van der Waals surface area (Å²) in [4.78, 5) is 16.9. The number of hydrogen-bond acceptors (Lipinski definition) is 5. The molecule has 128 valence electrons. The first-order valence-electron chi connectivity index (χ1n) is 7.83. The predicted octanol–water partition coefficient (Wildman–Crippen LogP) is 3.43. The Morgan fingerprint density at radius 1 is 1.28 bits per heavy atom. The zero-order valence-corrected chi connectivity index (χ0v) is 14.7. The van der Waals surface area contributed by atoms with Crippen LogP contribution in [-0.2, 0) is 4.79 Å². The monoisotopic (exact) mass is 355 g/mol. The van der Waals surface area contributed by atoms with Crippen molar-refractivity contribution in [2.45, 2.75) is 12.3 Å². The molecule has 1 aromatic carbocycles. The molecule has 0 radical (unpaired) electrons. The number of hydrogen-bond donors (Lipinski definition) is 1. The minimum atomic E-state index is -0.0344. The average Bonchev–Trinajstić information content (AvgIpc) is 3.30. The summed E-state index contributed by atoms with van der Waals surface area (Å²) in [6.45, 7) is 0. The lowest BCUT2D eigenvalue weighted by Gasteiger charge is -2.23. The maximum Gasteiger partial charge on any atom is 0.226 e. The molecule has 1 atom stereocenters. The molecule has 1 amide bonds. The van der Waals surface area contributed by atoms with Crippen LogP contribution in [0, 0.1) is 0 Å². The minimum absolute atomic E-state index is 0.0210. The van der Waals surface area contributed by atoms with Crippen LogP contribution in [0.3, 0.4) is 0 Å². The van der Waals surface area contributed by atoms with Crippen molar-refractivity contribution in [2.75, 3.05) is 19.5 Å². The van der Waals surface area contributed by atoms with Gasteiger partial charge in [-0.25, -0.2) is 4.98 Å². The van der Waals surface area contributed by atoms with Gasteiger partial charge in [0.05, 0.1) is 25.6 Å². The number of imidazole rings is 1. The van der Waals surface area contributed by atoms with Crippen LogP contribution in [0.5, 0.6) is 11.5 Å². The van der Waals surface area contributed by atoms with Crippen molar-refractivity contribution in [1.29, 1.82) is 0 Å². The van der Waals surface area contributed by atoms with Gasteiger partial charge >= 0.3 is 0 Å². The molecule has 3 aromatic rings. The van der Waals surface area contributed by atoms with Gasteiger partial charge in [0.15, 0.2) is 0 Å². The number of ether oxygens (including phenoxy) is 2. The molecular formula is C18H17N3O3S. The fourth-order valence-corrected chi connectivity index (χ4v) is 3.84. The molecule has 2 aromatic heterocycles. The van der Waals surface area contributed by atoms with Crippen molar-refractivity contribution in [3.05, 3.63) is 52.6 Å².